The van der Waals surface area contributed by atoms with Gasteiger partial charge in [0.25, 0.3) is 5.91 Å². The molecule has 0 aliphatic carbocycles. The number of hydrogen-bond donors (Lipinski definition) is 0. The molecule has 25 heavy (non-hydrogen) atoms. The van der Waals surface area contributed by atoms with E-state index in [1.54, 1.807) is 7.11 Å². The van der Waals surface area contributed by atoms with E-state index < -0.39 is 0 Å². The maximum Gasteiger partial charge on any atom is 0.260 e. The van der Waals surface area contributed by atoms with E-state index in [2.05, 4.69) is 0 Å². The van der Waals surface area contributed by atoms with Crippen LogP contribution in [0.2, 0.25) is 0 Å². The number of carbonyl (C=O) groups is 1. The van der Waals surface area contributed by atoms with Crippen molar-refractivity contribution in [2.75, 3.05) is 46.6 Å². The Bertz CT molecular complexity index is 562. The standard InChI is InChI=1S/C20H29NO4/c1-16-3-5-18(6-4-16)25-15-19(22)21-10-7-20(8-11-21)9-12-24-14-17(20)13-23-2/h3-6,17H,7-15H2,1-2H3/t17-/m1/s1. The lowest BCUT2D eigenvalue weighted by Crippen LogP contribution is -2.51. The van der Waals surface area contributed by atoms with E-state index in [0.29, 0.717) is 5.92 Å². The fourth-order valence-corrected chi connectivity index (χ4v) is 4.04. The van der Waals surface area contributed by atoms with Gasteiger partial charge < -0.3 is 19.1 Å². The predicted octanol–water partition coefficient (Wildman–Crippen LogP) is 2.67. The molecule has 2 heterocycles. The van der Waals surface area contributed by atoms with Crippen molar-refractivity contribution in [1.29, 1.82) is 0 Å². The number of methoxy groups -OCH3 is 1. The van der Waals surface area contributed by atoms with Gasteiger partial charge >= 0.3 is 0 Å². The normalized spacial score (nSPS) is 22.8. The lowest BCUT2D eigenvalue weighted by molar-refractivity contribution is -0.140. The van der Waals surface area contributed by atoms with Gasteiger partial charge in [0.2, 0.25) is 0 Å². The van der Waals surface area contributed by atoms with E-state index in [0.717, 1.165) is 57.9 Å². The largest absolute Gasteiger partial charge is 0.484 e. The summed E-state index contributed by atoms with van der Waals surface area (Å²) in [6, 6.07) is 7.80. The highest BCUT2D eigenvalue weighted by molar-refractivity contribution is 5.77. The number of rotatable bonds is 5. The van der Waals surface area contributed by atoms with E-state index >= 15 is 0 Å². The molecule has 1 spiro atoms. The molecule has 0 saturated carbocycles. The van der Waals surface area contributed by atoms with Gasteiger partial charge in [-0.3, -0.25) is 4.79 Å². The first-order chi connectivity index (χ1) is 12.1. The Morgan fingerprint density at radius 2 is 1.96 bits per heavy atom. The monoisotopic (exact) mass is 347 g/mol. The zero-order valence-electron chi connectivity index (χ0n) is 15.3. The molecule has 0 radical (unpaired) electrons. The minimum absolute atomic E-state index is 0.0748. The SMILES string of the molecule is COC[C@@H]1COCCC12CCN(C(=O)COc1ccc(C)cc1)CC2. The van der Waals surface area contributed by atoms with Crippen molar-refractivity contribution >= 4 is 5.91 Å². The number of amides is 1. The molecule has 2 saturated heterocycles. The first-order valence-electron chi connectivity index (χ1n) is 9.17. The van der Waals surface area contributed by atoms with E-state index in [-0.39, 0.29) is 17.9 Å². The summed E-state index contributed by atoms with van der Waals surface area (Å²) >= 11 is 0. The molecule has 1 aromatic carbocycles. The Labute approximate surface area is 150 Å². The lowest BCUT2D eigenvalue weighted by Gasteiger charge is -2.48. The predicted molar refractivity (Wildman–Crippen MR) is 95.7 cm³/mol. The molecule has 1 aromatic rings. The van der Waals surface area contributed by atoms with Gasteiger partial charge in [-0.25, -0.2) is 0 Å². The van der Waals surface area contributed by atoms with E-state index in [1.807, 2.05) is 36.1 Å². The average molecular weight is 347 g/mol. The zero-order valence-corrected chi connectivity index (χ0v) is 15.3. The van der Waals surface area contributed by atoms with Crippen LogP contribution in [0.15, 0.2) is 24.3 Å². The number of carbonyl (C=O) groups excluding carboxylic acids is 1. The van der Waals surface area contributed by atoms with Crippen molar-refractivity contribution in [3.8, 4) is 5.75 Å². The highest BCUT2D eigenvalue weighted by Gasteiger charge is 2.44. The summed E-state index contributed by atoms with van der Waals surface area (Å²) in [6.07, 6.45) is 3.13. The van der Waals surface area contributed by atoms with Crippen molar-refractivity contribution in [2.45, 2.75) is 26.2 Å². The van der Waals surface area contributed by atoms with Crippen LogP contribution in [0.1, 0.15) is 24.8 Å². The number of nitrogens with zero attached hydrogens (tertiary/aromatic N) is 1. The average Bonchev–Trinajstić information content (AvgIpc) is 2.64. The van der Waals surface area contributed by atoms with Crippen LogP contribution >= 0.6 is 0 Å². The van der Waals surface area contributed by atoms with Gasteiger partial charge in [-0.05, 0) is 43.7 Å². The molecule has 2 aliphatic heterocycles. The van der Waals surface area contributed by atoms with E-state index in [4.69, 9.17) is 14.2 Å². The zero-order chi connectivity index (χ0) is 17.7. The van der Waals surface area contributed by atoms with Gasteiger partial charge in [-0.2, -0.15) is 0 Å². The molecule has 0 N–H and O–H groups in total. The highest BCUT2D eigenvalue weighted by atomic mass is 16.5. The van der Waals surface area contributed by atoms with Crippen molar-refractivity contribution in [2.24, 2.45) is 11.3 Å². The first kappa shape index (κ1) is 18.2. The second-order valence-electron chi connectivity index (χ2n) is 7.32. The maximum absolute atomic E-state index is 12.5. The summed E-state index contributed by atoms with van der Waals surface area (Å²) in [5.41, 5.74) is 1.45. The molecule has 2 fully saturated rings. The minimum Gasteiger partial charge on any atom is -0.484 e. The molecule has 2 aliphatic rings. The van der Waals surface area contributed by atoms with Crippen LogP contribution < -0.4 is 4.74 Å². The molecule has 1 amide bonds. The van der Waals surface area contributed by atoms with Gasteiger partial charge in [0.1, 0.15) is 5.75 Å². The van der Waals surface area contributed by atoms with E-state index in [9.17, 15) is 4.79 Å². The van der Waals surface area contributed by atoms with Gasteiger partial charge in [0.15, 0.2) is 6.61 Å². The molecule has 1 atom stereocenters. The van der Waals surface area contributed by atoms with Crippen molar-refractivity contribution in [1.82, 2.24) is 4.90 Å². The van der Waals surface area contributed by atoms with E-state index in [1.165, 1.54) is 5.56 Å². The van der Waals surface area contributed by atoms with Gasteiger partial charge in [-0.1, -0.05) is 17.7 Å². The molecule has 3 rings (SSSR count). The van der Waals surface area contributed by atoms with Crippen LogP contribution in [0.3, 0.4) is 0 Å². The molecule has 0 aromatic heterocycles. The number of ether oxygens (including phenoxy) is 3. The Kier molecular flexibility index (Phi) is 5.97. The van der Waals surface area contributed by atoms with Crippen molar-refractivity contribution in [3.05, 3.63) is 29.8 Å². The number of hydrogen-bond acceptors (Lipinski definition) is 4. The van der Waals surface area contributed by atoms with Crippen LogP contribution in [0.25, 0.3) is 0 Å². The fraction of sp³-hybridized carbons (Fsp3) is 0.650. The molecule has 5 nitrogen and oxygen atoms in total. The van der Waals surface area contributed by atoms with Gasteiger partial charge in [0, 0.05) is 32.7 Å². The van der Waals surface area contributed by atoms with Crippen LogP contribution in [-0.4, -0.2) is 57.4 Å². The molecule has 0 bridgehead atoms. The number of piperidine rings is 1. The minimum atomic E-state index is 0.0748. The summed E-state index contributed by atoms with van der Waals surface area (Å²) in [5, 5.41) is 0. The third kappa shape index (κ3) is 4.33. The first-order valence-corrected chi connectivity index (χ1v) is 9.17. The number of aryl methyl sites for hydroxylation is 1. The Morgan fingerprint density at radius 3 is 2.64 bits per heavy atom. The number of likely N-dealkylation sites (tertiary alicyclic amines) is 1. The van der Waals surface area contributed by atoms with Gasteiger partial charge in [-0.15, -0.1) is 0 Å². The third-order valence-corrected chi connectivity index (χ3v) is 5.79. The maximum atomic E-state index is 12.5. The quantitative estimate of drug-likeness (QED) is 0.822. The molecule has 138 valence electrons. The summed E-state index contributed by atoms with van der Waals surface area (Å²) < 4.78 is 16.7. The van der Waals surface area contributed by atoms with Crippen molar-refractivity contribution < 1.29 is 19.0 Å². The summed E-state index contributed by atoms with van der Waals surface area (Å²) in [4.78, 5) is 14.4. The lowest BCUT2D eigenvalue weighted by atomic mass is 9.66. The van der Waals surface area contributed by atoms with Crippen LogP contribution in [0.5, 0.6) is 5.75 Å². The fourth-order valence-electron chi connectivity index (χ4n) is 4.04. The Balaban J connectivity index is 1.50. The molecule has 5 heteroatoms. The Hall–Kier alpha value is -1.59. The number of benzene rings is 1. The van der Waals surface area contributed by atoms with Crippen LogP contribution in [-0.2, 0) is 14.3 Å². The molecular formula is C20H29NO4. The topological polar surface area (TPSA) is 48.0 Å². The highest BCUT2D eigenvalue weighted by Crippen LogP contribution is 2.44. The second kappa shape index (κ2) is 8.19. The smallest absolute Gasteiger partial charge is 0.260 e. The third-order valence-electron chi connectivity index (χ3n) is 5.79. The summed E-state index contributed by atoms with van der Waals surface area (Å²) in [7, 11) is 1.75. The Morgan fingerprint density at radius 1 is 1.24 bits per heavy atom. The van der Waals surface area contributed by atoms with Crippen molar-refractivity contribution in [3.63, 3.8) is 0 Å². The molecule has 0 unspecified atom stereocenters. The summed E-state index contributed by atoms with van der Waals surface area (Å²) in [5.74, 6) is 1.26. The molecular weight excluding hydrogens is 318 g/mol. The van der Waals surface area contributed by atoms with Gasteiger partial charge in [0.05, 0.1) is 13.2 Å². The van der Waals surface area contributed by atoms with Crippen LogP contribution in [0, 0.1) is 18.3 Å². The van der Waals surface area contributed by atoms with Crippen LogP contribution in [0.4, 0.5) is 0 Å². The summed E-state index contributed by atoms with van der Waals surface area (Å²) in [6.45, 7) is 6.09. The second-order valence-corrected chi connectivity index (χ2v) is 7.32.